The number of benzene rings is 2. The van der Waals surface area contributed by atoms with Crippen LogP contribution >= 0.6 is 27.5 Å². The van der Waals surface area contributed by atoms with Gasteiger partial charge >= 0.3 is 0 Å². The number of imidazole rings is 1. The molecular formula is C18H17BrClN3. The largest absolute Gasteiger partial charge is 0.330 e. The van der Waals surface area contributed by atoms with Gasteiger partial charge in [-0.3, -0.25) is 0 Å². The Morgan fingerprint density at radius 1 is 1.09 bits per heavy atom. The first-order valence-electron chi connectivity index (χ1n) is 7.37. The molecule has 0 saturated carbocycles. The average Bonchev–Trinajstić information content (AvgIpc) is 2.93. The van der Waals surface area contributed by atoms with E-state index < -0.39 is 0 Å². The van der Waals surface area contributed by atoms with E-state index in [0.29, 0.717) is 6.54 Å². The third-order valence-electron chi connectivity index (χ3n) is 3.67. The van der Waals surface area contributed by atoms with E-state index in [2.05, 4.69) is 43.7 Å². The smallest absolute Gasteiger partial charge is 0.113 e. The van der Waals surface area contributed by atoms with Crippen LogP contribution in [0.1, 0.15) is 22.5 Å². The van der Waals surface area contributed by atoms with E-state index in [1.807, 2.05) is 36.7 Å². The van der Waals surface area contributed by atoms with E-state index >= 15 is 0 Å². The van der Waals surface area contributed by atoms with Crippen LogP contribution in [0.2, 0.25) is 5.02 Å². The van der Waals surface area contributed by atoms with Crippen LogP contribution in [0.4, 0.5) is 0 Å². The Morgan fingerprint density at radius 3 is 2.70 bits per heavy atom. The first-order valence-corrected chi connectivity index (χ1v) is 8.54. The molecule has 2 N–H and O–H groups in total. The van der Waals surface area contributed by atoms with Crippen LogP contribution in [0.5, 0.6) is 0 Å². The number of nitrogens with zero attached hydrogens (tertiary/aromatic N) is 2. The van der Waals surface area contributed by atoms with Crippen LogP contribution in [0.25, 0.3) is 0 Å². The highest BCUT2D eigenvalue weighted by Gasteiger charge is 2.07. The van der Waals surface area contributed by atoms with Crippen LogP contribution < -0.4 is 5.73 Å². The Hall–Kier alpha value is -1.62. The van der Waals surface area contributed by atoms with Crippen LogP contribution in [0.3, 0.4) is 0 Å². The molecule has 0 fully saturated rings. The Bertz CT molecular complexity index is 793. The third kappa shape index (κ3) is 4.22. The van der Waals surface area contributed by atoms with Crippen molar-refractivity contribution in [3.63, 3.8) is 0 Å². The summed E-state index contributed by atoms with van der Waals surface area (Å²) in [4.78, 5) is 4.49. The van der Waals surface area contributed by atoms with Crippen LogP contribution in [-0.2, 0) is 19.5 Å². The molecule has 0 radical (unpaired) electrons. The molecule has 23 heavy (non-hydrogen) atoms. The molecule has 0 saturated heterocycles. The normalized spacial score (nSPS) is 10.9. The second-order valence-electron chi connectivity index (χ2n) is 5.45. The molecular weight excluding hydrogens is 374 g/mol. The Kier molecular flexibility index (Phi) is 5.16. The molecule has 2 aromatic carbocycles. The van der Waals surface area contributed by atoms with Gasteiger partial charge in [0.25, 0.3) is 0 Å². The molecule has 3 aromatic rings. The minimum absolute atomic E-state index is 0.557. The molecule has 0 atom stereocenters. The zero-order chi connectivity index (χ0) is 16.2. The van der Waals surface area contributed by atoms with Gasteiger partial charge in [-0.1, -0.05) is 51.8 Å². The zero-order valence-corrected chi connectivity index (χ0v) is 14.9. The first kappa shape index (κ1) is 16.2. The fourth-order valence-corrected chi connectivity index (χ4v) is 3.53. The number of hydrogen-bond acceptors (Lipinski definition) is 2. The molecule has 3 rings (SSSR count). The van der Waals surface area contributed by atoms with Crippen molar-refractivity contribution < 1.29 is 0 Å². The quantitative estimate of drug-likeness (QED) is 0.702. The predicted molar refractivity (Wildman–Crippen MR) is 97.6 cm³/mol. The molecule has 0 spiro atoms. The molecule has 0 aliphatic heterocycles. The topological polar surface area (TPSA) is 43.8 Å². The number of aromatic nitrogens is 2. The fourth-order valence-electron chi connectivity index (χ4n) is 2.60. The summed E-state index contributed by atoms with van der Waals surface area (Å²) in [6, 6.07) is 14.3. The highest BCUT2D eigenvalue weighted by Crippen LogP contribution is 2.21. The van der Waals surface area contributed by atoms with E-state index in [1.54, 1.807) is 0 Å². The van der Waals surface area contributed by atoms with Crippen molar-refractivity contribution in [2.24, 2.45) is 5.73 Å². The number of halogens is 2. The van der Waals surface area contributed by atoms with Crippen LogP contribution in [-0.4, -0.2) is 9.55 Å². The maximum absolute atomic E-state index is 6.12. The van der Waals surface area contributed by atoms with Crippen molar-refractivity contribution in [1.82, 2.24) is 9.55 Å². The minimum atomic E-state index is 0.557. The summed E-state index contributed by atoms with van der Waals surface area (Å²) in [5, 5.41) is 0.725. The van der Waals surface area contributed by atoms with E-state index in [9.17, 15) is 0 Å². The van der Waals surface area contributed by atoms with Gasteiger partial charge in [-0.15, -0.1) is 0 Å². The summed E-state index contributed by atoms with van der Waals surface area (Å²) < 4.78 is 3.14. The van der Waals surface area contributed by atoms with Crippen molar-refractivity contribution in [2.45, 2.75) is 19.5 Å². The van der Waals surface area contributed by atoms with Crippen LogP contribution in [0.15, 0.2) is 59.3 Å². The van der Waals surface area contributed by atoms with Crippen molar-refractivity contribution in [2.75, 3.05) is 0 Å². The second-order valence-corrected chi connectivity index (χ2v) is 6.80. The third-order valence-corrected chi connectivity index (χ3v) is 4.34. The summed E-state index contributed by atoms with van der Waals surface area (Å²) >= 11 is 9.61. The Balaban J connectivity index is 1.81. The molecule has 3 nitrogen and oxygen atoms in total. The minimum Gasteiger partial charge on any atom is -0.330 e. The molecule has 118 valence electrons. The van der Waals surface area contributed by atoms with Gasteiger partial charge < -0.3 is 10.3 Å². The van der Waals surface area contributed by atoms with E-state index in [0.717, 1.165) is 39.4 Å². The molecule has 0 amide bonds. The van der Waals surface area contributed by atoms with Gasteiger partial charge in [-0.25, -0.2) is 4.98 Å². The number of hydrogen-bond donors (Lipinski definition) is 1. The van der Waals surface area contributed by atoms with Crippen molar-refractivity contribution in [3.8, 4) is 0 Å². The summed E-state index contributed by atoms with van der Waals surface area (Å²) in [6.07, 6.45) is 4.58. The average molecular weight is 391 g/mol. The standard InChI is InChI=1S/C18H17BrClN3/c19-16-7-15(8-17(20)10-16)9-18-22-4-5-23(18)12-14-3-1-2-13(6-14)11-21/h1-8,10H,9,11-12,21H2. The molecule has 1 aromatic heterocycles. The van der Waals surface area contributed by atoms with E-state index in [1.165, 1.54) is 5.56 Å². The lowest BCUT2D eigenvalue weighted by Gasteiger charge is -2.10. The Morgan fingerprint density at radius 2 is 1.91 bits per heavy atom. The van der Waals surface area contributed by atoms with Crippen molar-refractivity contribution in [1.29, 1.82) is 0 Å². The summed E-state index contributed by atoms with van der Waals surface area (Å²) in [5.74, 6) is 1.01. The molecule has 1 heterocycles. The number of rotatable bonds is 5. The maximum Gasteiger partial charge on any atom is 0.113 e. The van der Waals surface area contributed by atoms with Crippen molar-refractivity contribution >= 4 is 27.5 Å². The summed E-state index contributed by atoms with van der Waals surface area (Å²) in [7, 11) is 0. The highest BCUT2D eigenvalue weighted by molar-refractivity contribution is 9.10. The van der Waals surface area contributed by atoms with E-state index in [-0.39, 0.29) is 0 Å². The molecule has 5 heteroatoms. The first-order chi connectivity index (χ1) is 11.1. The zero-order valence-electron chi connectivity index (χ0n) is 12.5. The Labute approximate surface area is 149 Å². The lowest BCUT2D eigenvalue weighted by atomic mass is 10.1. The highest BCUT2D eigenvalue weighted by atomic mass is 79.9. The SMILES string of the molecule is NCc1cccc(Cn2ccnc2Cc2cc(Cl)cc(Br)c2)c1. The van der Waals surface area contributed by atoms with Gasteiger partial charge in [0.05, 0.1) is 0 Å². The van der Waals surface area contributed by atoms with Gasteiger partial charge in [0, 0.05) is 41.4 Å². The van der Waals surface area contributed by atoms with Crippen LogP contribution in [0, 0.1) is 0 Å². The molecule has 0 aliphatic carbocycles. The van der Waals surface area contributed by atoms with Gasteiger partial charge in [0.2, 0.25) is 0 Å². The lowest BCUT2D eigenvalue weighted by Crippen LogP contribution is -2.06. The van der Waals surface area contributed by atoms with Crippen molar-refractivity contribution in [3.05, 3.63) is 86.9 Å². The summed E-state index contributed by atoms with van der Waals surface area (Å²) in [5.41, 5.74) is 9.21. The molecule has 0 unspecified atom stereocenters. The van der Waals surface area contributed by atoms with Gasteiger partial charge in [-0.2, -0.15) is 0 Å². The van der Waals surface area contributed by atoms with Gasteiger partial charge in [0.1, 0.15) is 5.82 Å². The molecule has 0 bridgehead atoms. The second kappa shape index (κ2) is 7.30. The lowest BCUT2D eigenvalue weighted by molar-refractivity contribution is 0.739. The molecule has 0 aliphatic rings. The van der Waals surface area contributed by atoms with E-state index in [4.69, 9.17) is 17.3 Å². The summed E-state index contributed by atoms with van der Waals surface area (Å²) in [6.45, 7) is 1.34. The maximum atomic E-state index is 6.12. The fraction of sp³-hybridized carbons (Fsp3) is 0.167. The van der Waals surface area contributed by atoms with Gasteiger partial charge in [-0.05, 0) is 34.9 Å². The number of nitrogens with two attached hydrogens (primary N) is 1. The predicted octanol–water partition coefficient (Wildman–Crippen LogP) is 4.40. The monoisotopic (exact) mass is 389 g/mol. The van der Waals surface area contributed by atoms with Gasteiger partial charge in [0.15, 0.2) is 0 Å².